The number of carbonyl (C=O) groups is 2. The monoisotopic (exact) mass is 506 g/mol. The van der Waals surface area contributed by atoms with E-state index in [0.29, 0.717) is 37.1 Å². The van der Waals surface area contributed by atoms with Crippen LogP contribution in [0.1, 0.15) is 56.8 Å². The summed E-state index contributed by atoms with van der Waals surface area (Å²) >= 11 is 0. The van der Waals surface area contributed by atoms with E-state index in [4.69, 9.17) is 4.74 Å². The lowest BCUT2D eigenvalue weighted by molar-refractivity contribution is -0.274. The van der Waals surface area contributed by atoms with E-state index in [1.807, 2.05) is 25.7 Å². The molecule has 1 aromatic heterocycles. The summed E-state index contributed by atoms with van der Waals surface area (Å²) in [6.07, 6.45) is 0.963. The van der Waals surface area contributed by atoms with Crippen molar-refractivity contribution in [1.29, 1.82) is 0 Å². The van der Waals surface area contributed by atoms with E-state index in [9.17, 15) is 22.8 Å². The fourth-order valence-corrected chi connectivity index (χ4v) is 4.18. The van der Waals surface area contributed by atoms with Gasteiger partial charge in [-0.2, -0.15) is 0 Å². The highest BCUT2D eigenvalue weighted by atomic mass is 19.4. The van der Waals surface area contributed by atoms with Crippen LogP contribution in [0.5, 0.6) is 5.75 Å². The third-order valence-corrected chi connectivity index (χ3v) is 5.93. The third kappa shape index (κ3) is 6.64. The number of nitrogens with zero attached hydrogens (tertiary/aromatic N) is 4. The predicted molar refractivity (Wildman–Crippen MR) is 124 cm³/mol. The summed E-state index contributed by atoms with van der Waals surface area (Å²) in [6.45, 7) is 6.51. The summed E-state index contributed by atoms with van der Waals surface area (Å²) in [5.41, 5.74) is 0.281. The zero-order valence-electron chi connectivity index (χ0n) is 20.4. The molecule has 1 aliphatic heterocycles. The van der Waals surface area contributed by atoms with Gasteiger partial charge < -0.3 is 19.3 Å². The molecule has 0 N–H and O–H groups in total. The van der Waals surface area contributed by atoms with Crippen LogP contribution in [0.25, 0.3) is 11.4 Å². The van der Waals surface area contributed by atoms with Crippen molar-refractivity contribution >= 4 is 12.0 Å². The van der Waals surface area contributed by atoms with E-state index >= 15 is 0 Å². The summed E-state index contributed by atoms with van der Waals surface area (Å²) in [5.74, 6) is -0.210. The van der Waals surface area contributed by atoms with Crippen molar-refractivity contribution in [2.45, 2.75) is 70.5 Å². The van der Waals surface area contributed by atoms with Gasteiger partial charge in [0.05, 0.1) is 5.56 Å². The topological polar surface area (TPSA) is 84.9 Å². The number of aromatic nitrogens is 2. The van der Waals surface area contributed by atoms with Gasteiger partial charge >= 0.3 is 12.5 Å². The number of halogens is 3. The molecule has 2 aliphatic rings. The lowest BCUT2D eigenvalue weighted by Gasteiger charge is -2.39. The van der Waals surface area contributed by atoms with Gasteiger partial charge in [0.15, 0.2) is 5.82 Å². The molecule has 2 heterocycles. The van der Waals surface area contributed by atoms with Gasteiger partial charge in [-0.25, -0.2) is 14.8 Å². The second-order valence-corrected chi connectivity index (χ2v) is 10.0. The standard InChI is InChI=1S/C25H29F3N4O4/c1-24(2,3)36-23(34)31-12-10-19(11-13-31)32(18-6-7-18)22(33)17-14-29-21(30-15-17)16-4-8-20(9-5-16)35-25(26,27)28/h4-5,8-9,14-15,18-19H,6-7,10-13H2,1-3H3. The van der Waals surface area contributed by atoms with E-state index < -0.39 is 12.0 Å². The Morgan fingerprint density at radius 1 is 0.944 bits per heavy atom. The number of ether oxygens (including phenoxy) is 2. The maximum atomic E-state index is 13.4. The minimum absolute atomic E-state index is 0.00420. The minimum atomic E-state index is -4.76. The summed E-state index contributed by atoms with van der Waals surface area (Å²) in [5, 5.41) is 0. The average Bonchev–Trinajstić information content (AvgIpc) is 3.63. The number of rotatable bonds is 5. The first kappa shape index (κ1) is 25.7. The van der Waals surface area contributed by atoms with Crippen LogP contribution in [0, 0.1) is 0 Å². The molecule has 2 aromatic rings. The first-order chi connectivity index (χ1) is 16.9. The number of hydrogen-bond donors (Lipinski definition) is 0. The smallest absolute Gasteiger partial charge is 0.444 e. The summed E-state index contributed by atoms with van der Waals surface area (Å²) in [7, 11) is 0. The Balaban J connectivity index is 1.40. The summed E-state index contributed by atoms with van der Waals surface area (Å²) in [6, 6.07) is 5.38. The van der Waals surface area contributed by atoms with Gasteiger partial charge in [0.2, 0.25) is 0 Å². The Labute approximate surface area is 207 Å². The fraction of sp³-hybridized carbons (Fsp3) is 0.520. The molecule has 2 fully saturated rings. The van der Waals surface area contributed by atoms with Gasteiger partial charge in [0.25, 0.3) is 5.91 Å². The summed E-state index contributed by atoms with van der Waals surface area (Å²) in [4.78, 5) is 37.8. The van der Waals surface area contributed by atoms with Crippen molar-refractivity contribution in [2.75, 3.05) is 13.1 Å². The second kappa shape index (κ2) is 9.94. The van der Waals surface area contributed by atoms with Crippen molar-refractivity contribution in [3.63, 3.8) is 0 Å². The quantitative estimate of drug-likeness (QED) is 0.565. The Morgan fingerprint density at radius 3 is 2.00 bits per heavy atom. The van der Waals surface area contributed by atoms with Gasteiger partial charge in [-0.3, -0.25) is 4.79 Å². The molecule has 0 radical (unpaired) electrons. The zero-order chi connectivity index (χ0) is 26.1. The molecular weight excluding hydrogens is 477 g/mol. The zero-order valence-corrected chi connectivity index (χ0v) is 20.4. The van der Waals surface area contributed by atoms with E-state index in [2.05, 4.69) is 14.7 Å². The molecule has 1 saturated heterocycles. The Kier molecular flexibility index (Phi) is 7.10. The highest BCUT2D eigenvalue weighted by Crippen LogP contribution is 2.33. The predicted octanol–water partition coefficient (Wildman–Crippen LogP) is 5.05. The number of alkyl halides is 3. The van der Waals surface area contributed by atoms with Crippen LogP contribution in [0.15, 0.2) is 36.7 Å². The van der Waals surface area contributed by atoms with E-state index in [1.54, 1.807) is 4.90 Å². The Hall–Kier alpha value is -3.37. The van der Waals surface area contributed by atoms with Gasteiger partial charge in [-0.05, 0) is 70.7 Å². The van der Waals surface area contributed by atoms with Crippen LogP contribution in [0.3, 0.4) is 0 Å². The normalized spacial score (nSPS) is 17.0. The number of likely N-dealkylation sites (tertiary alicyclic amines) is 1. The van der Waals surface area contributed by atoms with Crippen LogP contribution in [0.4, 0.5) is 18.0 Å². The number of piperidine rings is 1. The molecule has 8 nitrogen and oxygen atoms in total. The van der Waals surface area contributed by atoms with E-state index in [0.717, 1.165) is 12.8 Å². The molecular formula is C25H29F3N4O4. The molecule has 36 heavy (non-hydrogen) atoms. The number of benzene rings is 1. The maximum absolute atomic E-state index is 13.4. The molecule has 2 amide bonds. The maximum Gasteiger partial charge on any atom is 0.573 e. The van der Waals surface area contributed by atoms with Crippen LogP contribution < -0.4 is 4.74 Å². The summed E-state index contributed by atoms with van der Waals surface area (Å²) < 4.78 is 46.4. The molecule has 0 spiro atoms. The lowest BCUT2D eigenvalue weighted by Crippen LogP contribution is -2.50. The van der Waals surface area contributed by atoms with Crippen molar-refractivity contribution in [2.24, 2.45) is 0 Å². The molecule has 1 saturated carbocycles. The largest absolute Gasteiger partial charge is 0.573 e. The van der Waals surface area contributed by atoms with Crippen LogP contribution >= 0.6 is 0 Å². The number of amides is 2. The Bertz CT molecular complexity index is 1070. The molecule has 1 aromatic carbocycles. The Morgan fingerprint density at radius 2 is 1.50 bits per heavy atom. The molecule has 0 unspecified atom stereocenters. The molecule has 4 rings (SSSR count). The van der Waals surface area contributed by atoms with Crippen LogP contribution in [-0.4, -0.2) is 68.9 Å². The SMILES string of the molecule is CC(C)(C)OC(=O)N1CCC(N(C(=O)c2cnc(-c3ccc(OC(F)(F)F)cc3)nc2)C2CC2)CC1. The molecule has 0 atom stereocenters. The number of carbonyl (C=O) groups excluding carboxylic acids is 2. The van der Waals surface area contributed by atoms with Crippen molar-refractivity contribution in [3.8, 4) is 17.1 Å². The number of hydrogen-bond acceptors (Lipinski definition) is 6. The van der Waals surface area contributed by atoms with Gasteiger partial charge in [-0.1, -0.05) is 0 Å². The third-order valence-electron chi connectivity index (χ3n) is 5.93. The lowest BCUT2D eigenvalue weighted by atomic mass is 10.0. The molecule has 0 bridgehead atoms. The van der Waals surface area contributed by atoms with Crippen molar-refractivity contribution < 1.29 is 32.2 Å². The van der Waals surface area contributed by atoms with Crippen molar-refractivity contribution in [1.82, 2.24) is 19.8 Å². The first-order valence-corrected chi connectivity index (χ1v) is 11.9. The second-order valence-electron chi connectivity index (χ2n) is 10.0. The van der Waals surface area contributed by atoms with Crippen LogP contribution in [0.2, 0.25) is 0 Å². The fourth-order valence-electron chi connectivity index (χ4n) is 4.18. The minimum Gasteiger partial charge on any atom is -0.444 e. The van der Waals surface area contributed by atoms with Gasteiger partial charge in [0.1, 0.15) is 11.4 Å². The molecule has 194 valence electrons. The molecule has 11 heteroatoms. The van der Waals surface area contributed by atoms with E-state index in [1.165, 1.54) is 36.7 Å². The highest BCUT2D eigenvalue weighted by molar-refractivity contribution is 5.94. The average molecular weight is 507 g/mol. The van der Waals surface area contributed by atoms with Gasteiger partial charge in [-0.15, -0.1) is 13.2 Å². The van der Waals surface area contributed by atoms with Crippen molar-refractivity contribution in [3.05, 3.63) is 42.2 Å². The highest BCUT2D eigenvalue weighted by Gasteiger charge is 2.40. The van der Waals surface area contributed by atoms with Crippen LogP contribution in [-0.2, 0) is 4.74 Å². The first-order valence-electron chi connectivity index (χ1n) is 11.9. The molecule has 1 aliphatic carbocycles. The van der Waals surface area contributed by atoms with E-state index in [-0.39, 0.29) is 35.7 Å². The van der Waals surface area contributed by atoms with Gasteiger partial charge in [0, 0.05) is 43.1 Å².